The molecule has 0 amide bonds. The predicted molar refractivity (Wildman–Crippen MR) is 107 cm³/mol. The van der Waals surface area contributed by atoms with E-state index in [4.69, 9.17) is 4.74 Å². The van der Waals surface area contributed by atoms with Gasteiger partial charge in [0.05, 0.1) is 24.7 Å². The molecule has 1 rings (SSSR count). The summed E-state index contributed by atoms with van der Waals surface area (Å²) >= 11 is 3.02. The molecule has 25 heavy (non-hydrogen) atoms. The highest BCUT2D eigenvalue weighted by Gasteiger charge is 2.28. The third-order valence-corrected chi connectivity index (χ3v) is 6.32. The summed E-state index contributed by atoms with van der Waals surface area (Å²) in [6.07, 6.45) is 9.77. The highest BCUT2D eigenvalue weighted by atomic mass is 32.2. The van der Waals surface area contributed by atoms with Crippen LogP contribution < -0.4 is 0 Å². The van der Waals surface area contributed by atoms with E-state index in [1.807, 2.05) is 13.8 Å². The predicted octanol–water partition coefficient (Wildman–Crippen LogP) is 4.97. The number of hydrogen-bond acceptors (Lipinski definition) is 6. The number of thioether (sulfide) groups is 2. The molecule has 144 valence electrons. The number of ether oxygens (including phenoxy) is 2. The molecule has 1 heterocycles. The number of rotatable bonds is 14. The van der Waals surface area contributed by atoms with Gasteiger partial charge in [-0.15, -0.1) is 0 Å². The molecule has 1 aliphatic rings. The lowest BCUT2D eigenvalue weighted by Gasteiger charge is -2.11. The fourth-order valence-corrected chi connectivity index (χ4v) is 4.48. The first-order chi connectivity index (χ1) is 12.1. The molecule has 0 aromatic carbocycles. The average molecular weight is 389 g/mol. The van der Waals surface area contributed by atoms with Crippen molar-refractivity contribution in [1.29, 1.82) is 0 Å². The molecular formula is C19H32O4S2. The van der Waals surface area contributed by atoms with Crippen LogP contribution in [0.5, 0.6) is 0 Å². The van der Waals surface area contributed by atoms with Gasteiger partial charge in [-0.25, -0.2) is 0 Å². The zero-order chi connectivity index (χ0) is 18.5. The van der Waals surface area contributed by atoms with Crippen LogP contribution in [0, 0.1) is 0 Å². The Hall–Kier alpha value is -0.620. The topological polar surface area (TPSA) is 52.6 Å². The highest BCUT2D eigenvalue weighted by Crippen LogP contribution is 2.34. The van der Waals surface area contributed by atoms with Crippen LogP contribution in [-0.2, 0) is 19.1 Å². The SMILES string of the molecule is COC(=O)CSCCCCCCCCCCOC1=C(C)C(=O)SC1C. The molecule has 1 unspecified atom stereocenters. The minimum absolute atomic E-state index is 0.131. The van der Waals surface area contributed by atoms with Crippen molar-refractivity contribution in [2.75, 3.05) is 25.2 Å². The molecule has 1 atom stereocenters. The van der Waals surface area contributed by atoms with Gasteiger partial charge in [-0.05, 0) is 32.4 Å². The van der Waals surface area contributed by atoms with Gasteiger partial charge in [0.1, 0.15) is 5.76 Å². The van der Waals surface area contributed by atoms with Gasteiger partial charge in [-0.2, -0.15) is 11.8 Å². The van der Waals surface area contributed by atoms with Crippen LogP contribution >= 0.6 is 23.5 Å². The van der Waals surface area contributed by atoms with Crippen LogP contribution in [0.4, 0.5) is 0 Å². The fraction of sp³-hybridized carbons (Fsp3) is 0.789. The third-order valence-electron chi connectivity index (χ3n) is 4.22. The Morgan fingerprint density at radius 3 is 2.24 bits per heavy atom. The maximum absolute atomic E-state index is 11.6. The van der Waals surface area contributed by atoms with E-state index in [-0.39, 0.29) is 16.3 Å². The molecule has 1 aliphatic heterocycles. The molecule has 0 radical (unpaired) electrons. The fourth-order valence-electron chi connectivity index (χ4n) is 2.70. The summed E-state index contributed by atoms with van der Waals surface area (Å²) in [7, 11) is 1.43. The van der Waals surface area contributed by atoms with E-state index in [1.54, 1.807) is 11.8 Å². The largest absolute Gasteiger partial charge is 0.496 e. The maximum atomic E-state index is 11.6. The molecule has 6 heteroatoms. The van der Waals surface area contributed by atoms with Crippen molar-refractivity contribution in [3.8, 4) is 0 Å². The number of unbranched alkanes of at least 4 members (excludes halogenated alkanes) is 7. The van der Waals surface area contributed by atoms with Gasteiger partial charge >= 0.3 is 5.97 Å². The first-order valence-corrected chi connectivity index (χ1v) is 11.3. The van der Waals surface area contributed by atoms with Gasteiger partial charge in [0.2, 0.25) is 5.12 Å². The molecular weight excluding hydrogens is 356 g/mol. The van der Waals surface area contributed by atoms with Gasteiger partial charge in [0.25, 0.3) is 0 Å². The van der Waals surface area contributed by atoms with Gasteiger partial charge in [0, 0.05) is 5.57 Å². The Labute approximate surface area is 160 Å². The normalized spacial score (nSPS) is 17.2. The zero-order valence-electron chi connectivity index (χ0n) is 15.8. The molecule has 0 aromatic heterocycles. The lowest BCUT2D eigenvalue weighted by atomic mass is 10.1. The molecule has 0 saturated carbocycles. The smallest absolute Gasteiger partial charge is 0.315 e. The van der Waals surface area contributed by atoms with E-state index in [9.17, 15) is 9.59 Å². The summed E-state index contributed by atoms with van der Waals surface area (Å²) in [5.41, 5.74) is 0.794. The summed E-state index contributed by atoms with van der Waals surface area (Å²) in [5, 5.41) is 0.337. The van der Waals surface area contributed by atoms with Crippen molar-refractivity contribution in [2.24, 2.45) is 0 Å². The van der Waals surface area contributed by atoms with Crippen LogP contribution in [-0.4, -0.2) is 41.6 Å². The summed E-state index contributed by atoms with van der Waals surface area (Å²) in [5.74, 6) is 2.27. The number of hydrogen-bond donors (Lipinski definition) is 0. The first-order valence-electron chi connectivity index (χ1n) is 9.25. The highest BCUT2D eigenvalue weighted by molar-refractivity contribution is 8.15. The van der Waals surface area contributed by atoms with E-state index in [2.05, 4.69) is 4.74 Å². The van der Waals surface area contributed by atoms with Crippen molar-refractivity contribution >= 4 is 34.6 Å². The molecule has 0 aromatic rings. The van der Waals surface area contributed by atoms with E-state index in [0.29, 0.717) is 5.75 Å². The average Bonchev–Trinajstić information content (AvgIpc) is 2.84. The van der Waals surface area contributed by atoms with Crippen molar-refractivity contribution in [2.45, 2.75) is 70.5 Å². The van der Waals surface area contributed by atoms with Gasteiger partial charge in [-0.1, -0.05) is 50.3 Å². The summed E-state index contributed by atoms with van der Waals surface area (Å²) in [4.78, 5) is 22.5. The minimum Gasteiger partial charge on any atom is -0.496 e. The Kier molecular flexibility index (Phi) is 12.2. The molecule has 0 spiro atoms. The van der Waals surface area contributed by atoms with E-state index in [0.717, 1.165) is 30.1 Å². The van der Waals surface area contributed by atoms with Crippen molar-refractivity contribution < 1.29 is 19.1 Å². The Balaban J connectivity index is 1.85. The monoisotopic (exact) mass is 388 g/mol. The molecule has 0 saturated heterocycles. The summed E-state index contributed by atoms with van der Waals surface area (Å²) in [6.45, 7) is 4.62. The van der Waals surface area contributed by atoms with E-state index in [1.165, 1.54) is 63.8 Å². The third kappa shape index (κ3) is 9.59. The lowest BCUT2D eigenvalue weighted by molar-refractivity contribution is -0.137. The van der Waals surface area contributed by atoms with E-state index < -0.39 is 0 Å². The summed E-state index contributed by atoms with van der Waals surface area (Å²) in [6, 6.07) is 0. The van der Waals surface area contributed by atoms with Crippen molar-refractivity contribution in [3.05, 3.63) is 11.3 Å². The maximum Gasteiger partial charge on any atom is 0.315 e. The van der Waals surface area contributed by atoms with Crippen LogP contribution in [0.1, 0.15) is 65.2 Å². The minimum atomic E-state index is -0.131. The van der Waals surface area contributed by atoms with Gasteiger partial charge < -0.3 is 9.47 Å². The quantitative estimate of drug-likeness (QED) is 0.309. The van der Waals surface area contributed by atoms with Crippen molar-refractivity contribution in [3.63, 3.8) is 0 Å². The summed E-state index contributed by atoms with van der Waals surface area (Å²) < 4.78 is 10.4. The standard InChI is InChI=1S/C19H32O4S2/c1-15-18(16(2)25-19(15)21)23-12-10-8-6-4-5-7-9-11-13-24-14-17(20)22-3/h16H,4-14H2,1-3H3. The first kappa shape index (κ1) is 22.4. The van der Waals surface area contributed by atoms with Crippen LogP contribution in [0.25, 0.3) is 0 Å². The van der Waals surface area contributed by atoms with Crippen LogP contribution in [0.15, 0.2) is 11.3 Å². The Bertz CT molecular complexity index is 449. The second kappa shape index (κ2) is 13.6. The molecule has 0 fully saturated rings. The van der Waals surface area contributed by atoms with Gasteiger partial charge in [0.15, 0.2) is 0 Å². The number of carbonyl (C=O) groups is 2. The van der Waals surface area contributed by atoms with Crippen LogP contribution in [0.3, 0.4) is 0 Å². The van der Waals surface area contributed by atoms with Crippen LogP contribution in [0.2, 0.25) is 0 Å². The van der Waals surface area contributed by atoms with Crippen molar-refractivity contribution in [1.82, 2.24) is 0 Å². The number of esters is 1. The lowest BCUT2D eigenvalue weighted by Crippen LogP contribution is -2.03. The van der Waals surface area contributed by atoms with E-state index >= 15 is 0 Å². The molecule has 0 aliphatic carbocycles. The number of carbonyl (C=O) groups excluding carboxylic acids is 2. The second-order valence-corrected chi connectivity index (χ2v) is 8.76. The molecule has 0 bridgehead atoms. The molecule has 0 N–H and O–H groups in total. The Morgan fingerprint density at radius 2 is 1.68 bits per heavy atom. The zero-order valence-corrected chi connectivity index (χ0v) is 17.4. The Morgan fingerprint density at radius 1 is 1.08 bits per heavy atom. The van der Waals surface area contributed by atoms with Gasteiger partial charge in [-0.3, -0.25) is 9.59 Å². The molecule has 4 nitrogen and oxygen atoms in total. The number of methoxy groups -OCH3 is 1. The second-order valence-electron chi connectivity index (χ2n) is 6.34.